The zero-order chi connectivity index (χ0) is 25.8. The van der Waals surface area contributed by atoms with Gasteiger partial charge in [-0.1, -0.05) is 38.3 Å². The molecule has 0 radical (unpaired) electrons. The number of pyridine rings is 1. The maximum Gasteiger partial charge on any atom is 0.252 e. The lowest BCUT2D eigenvalue weighted by Gasteiger charge is -2.35. The molecule has 1 aliphatic rings. The van der Waals surface area contributed by atoms with Crippen LogP contribution in [-0.2, 0) is 13.1 Å². The van der Waals surface area contributed by atoms with E-state index in [1.807, 2.05) is 28.9 Å². The van der Waals surface area contributed by atoms with Crippen LogP contribution in [0.15, 0.2) is 53.3 Å². The van der Waals surface area contributed by atoms with E-state index in [0.717, 1.165) is 53.5 Å². The fourth-order valence-electron chi connectivity index (χ4n) is 5.44. The summed E-state index contributed by atoms with van der Waals surface area (Å²) in [6.45, 7) is 3.12. The molecule has 1 aliphatic carbocycles. The molecule has 1 N–H and O–H groups in total. The highest BCUT2D eigenvalue weighted by molar-refractivity contribution is 5.80. The maximum absolute atomic E-state index is 13.4. The molecule has 0 amide bonds. The van der Waals surface area contributed by atoms with E-state index < -0.39 is 0 Å². The van der Waals surface area contributed by atoms with Gasteiger partial charge in [0.25, 0.3) is 5.56 Å². The van der Waals surface area contributed by atoms with Crippen molar-refractivity contribution in [3.05, 3.63) is 81.7 Å². The van der Waals surface area contributed by atoms with Gasteiger partial charge < -0.3 is 9.72 Å². The second kappa shape index (κ2) is 11.2. The molecule has 0 bridgehead atoms. The minimum Gasteiger partial charge on any atom is -0.497 e. The largest absolute Gasteiger partial charge is 0.497 e. The SMILES string of the molecule is CCCC(c1nnnn1Cc1ccc(F)cc1)N(Cc1cc2ccc(OC)cc2[nH]c1=O)C1CCCC1. The van der Waals surface area contributed by atoms with Crippen LogP contribution in [0.25, 0.3) is 10.9 Å². The summed E-state index contributed by atoms with van der Waals surface area (Å²) in [4.78, 5) is 18.7. The molecule has 5 rings (SSSR count). The number of ether oxygens (including phenoxy) is 1. The first-order valence-corrected chi connectivity index (χ1v) is 13.0. The van der Waals surface area contributed by atoms with E-state index in [1.54, 1.807) is 19.2 Å². The summed E-state index contributed by atoms with van der Waals surface area (Å²) in [5.74, 6) is 1.22. The number of methoxy groups -OCH3 is 1. The molecule has 1 unspecified atom stereocenters. The number of fused-ring (bicyclic) bond motifs is 1. The van der Waals surface area contributed by atoms with Gasteiger partial charge in [-0.2, -0.15) is 0 Å². The number of rotatable bonds is 10. The second-order valence-electron chi connectivity index (χ2n) is 9.81. The Hall–Kier alpha value is -3.59. The van der Waals surface area contributed by atoms with Crippen LogP contribution in [0.4, 0.5) is 4.39 Å². The van der Waals surface area contributed by atoms with Gasteiger partial charge in [0.15, 0.2) is 5.82 Å². The zero-order valence-corrected chi connectivity index (χ0v) is 21.4. The molecule has 37 heavy (non-hydrogen) atoms. The maximum atomic E-state index is 13.4. The highest BCUT2D eigenvalue weighted by atomic mass is 19.1. The first-order chi connectivity index (χ1) is 18.1. The van der Waals surface area contributed by atoms with Crippen LogP contribution in [-0.4, -0.2) is 43.2 Å². The molecule has 194 valence electrons. The summed E-state index contributed by atoms with van der Waals surface area (Å²) >= 11 is 0. The number of benzene rings is 2. The Morgan fingerprint density at radius 1 is 1.16 bits per heavy atom. The summed E-state index contributed by atoms with van der Waals surface area (Å²) in [6, 6.07) is 14.4. The van der Waals surface area contributed by atoms with Crippen LogP contribution < -0.4 is 10.3 Å². The quantitative estimate of drug-likeness (QED) is 0.327. The molecule has 1 saturated carbocycles. The number of halogens is 1. The third-order valence-corrected chi connectivity index (χ3v) is 7.34. The molecule has 8 nitrogen and oxygen atoms in total. The molecule has 0 spiro atoms. The number of H-pyrrole nitrogens is 1. The Morgan fingerprint density at radius 3 is 2.68 bits per heavy atom. The molecule has 0 saturated heterocycles. The lowest BCUT2D eigenvalue weighted by Crippen LogP contribution is -2.39. The van der Waals surface area contributed by atoms with Crippen molar-refractivity contribution in [1.82, 2.24) is 30.1 Å². The number of tetrazole rings is 1. The van der Waals surface area contributed by atoms with Crippen molar-refractivity contribution in [2.45, 2.75) is 70.6 Å². The van der Waals surface area contributed by atoms with Crippen LogP contribution in [0.1, 0.15) is 68.4 Å². The summed E-state index contributed by atoms with van der Waals surface area (Å²) in [5.41, 5.74) is 2.32. The normalized spacial score (nSPS) is 15.0. The number of hydrogen-bond donors (Lipinski definition) is 1. The van der Waals surface area contributed by atoms with Crippen LogP contribution in [0, 0.1) is 5.82 Å². The zero-order valence-electron chi connectivity index (χ0n) is 21.4. The second-order valence-corrected chi connectivity index (χ2v) is 9.81. The van der Waals surface area contributed by atoms with E-state index in [1.165, 1.54) is 25.0 Å². The summed E-state index contributed by atoms with van der Waals surface area (Å²) in [5, 5.41) is 13.7. The van der Waals surface area contributed by atoms with Gasteiger partial charge in [0.05, 0.1) is 25.2 Å². The minimum atomic E-state index is -0.268. The van der Waals surface area contributed by atoms with E-state index >= 15 is 0 Å². The molecule has 2 aromatic heterocycles. The Bertz CT molecular complexity index is 1390. The highest BCUT2D eigenvalue weighted by Crippen LogP contribution is 2.34. The van der Waals surface area contributed by atoms with Crippen molar-refractivity contribution in [3.8, 4) is 5.75 Å². The van der Waals surface area contributed by atoms with Gasteiger partial charge in [0, 0.05) is 24.2 Å². The fraction of sp³-hybridized carbons (Fsp3) is 0.429. The van der Waals surface area contributed by atoms with Crippen LogP contribution >= 0.6 is 0 Å². The standard InChI is InChI=1S/C28H33FN6O2/c1-3-6-26(27-31-32-33-35(27)17-19-9-12-22(29)13-10-19)34(23-7-4-5-8-23)18-21-15-20-11-14-24(37-2)16-25(20)30-28(21)36/h9-16,23,26H,3-8,17-18H2,1-2H3,(H,30,36). The first-order valence-electron chi connectivity index (χ1n) is 13.0. The Balaban J connectivity index is 1.50. The number of aromatic amines is 1. The van der Waals surface area contributed by atoms with Crippen molar-refractivity contribution in [2.75, 3.05) is 7.11 Å². The Labute approximate surface area is 215 Å². The third-order valence-electron chi connectivity index (χ3n) is 7.34. The monoisotopic (exact) mass is 504 g/mol. The van der Waals surface area contributed by atoms with Gasteiger partial charge in [-0.15, -0.1) is 5.10 Å². The van der Waals surface area contributed by atoms with E-state index in [2.05, 4.69) is 32.3 Å². The molecule has 2 aromatic carbocycles. The van der Waals surface area contributed by atoms with Gasteiger partial charge in [-0.3, -0.25) is 9.69 Å². The summed E-state index contributed by atoms with van der Waals surface area (Å²) in [7, 11) is 1.62. The van der Waals surface area contributed by atoms with Crippen molar-refractivity contribution in [3.63, 3.8) is 0 Å². The van der Waals surface area contributed by atoms with Crippen molar-refractivity contribution in [1.29, 1.82) is 0 Å². The Kier molecular flexibility index (Phi) is 7.60. The number of nitrogens with zero attached hydrogens (tertiary/aromatic N) is 5. The molecule has 2 heterocycles. The van der Waals surface area contributed by atoms with Gasteiger partial charge in [-0.05, 0) is 71.0 Å². The van der Waals surface area contributed by atoms with Crippen molar-refractivity contribution >= 4 is 10.9 Å². The highest BCUT2D eigenvalue weighted by Gasteiger charge is 2.33. The van der Waals surface area contributed by atoms with E-state index in [-0.39, 0.29) is 17.4 Å². The number of hydrogen-bond acceptors (Lipinski definition) is 6. The van der Waals surface area contributed by atoms with Crippen LogP contribution in [0.5, 0.6) is 5.75 Å². The molecular formula is C28H33FN6O2. The molecule has 1 fully saturated rings. The summed E-state index contributed by atoms with van der Waals surface area (Å²) in [6.07, 6.45) is 6.34. The molecule has 4 aromatic rings. The predicted molar refractivity (Wildman–Crippen MR) is 140 cm³/mol. The predicted octanol–water partition coefficient (Wildman–Crippen LogP) is 5.00. The molecule has 9 heteroatoms. The van der Waals surface area contributed by atoms with Crippen molar-refractivity contribution in [2.24, 2.45) is 0 Å². The van der Waals surface area contributed by atoms with Crippen LogP contribution in [0.2, 0.25) is 0 Å². The lowest BCUT2D eigenvalue weighted by molar-refractivity contribution is 0.108. The Morgan fingerprint density at radius 2 is 1.95 bits per heavy atom. The van der Waals surface area contributed by atoms with Gasteiger partial charge in [0.1, 0.15) is 11.6 Å². The van der Waals surface area contributed by atoms with Gasteiger partial charge in [-0.25, -0.2) is 9.07 Å². The minimum absolute atomic E-state index is 0.0467. The first kappa shape index (κ1) is 25.1. The smallest absolute Gasteiger partial charge is 0.252 e. The van der Waals surface area contributed by atoms with E-state index in [0.29, 0.717) is 24.9 Å². The number of nitrogens with one attached hydrogen (secondary N) is 1. The average molecular weight is 505 g/mol. The van der Waals surface area contributed by atoms with Gasteiger partial charge >= 0.3 is 0 Å². The number of aromatic nitrogens is 5. The topological polar surface area (TPSA) is 88.9 Å². The average Bonchev–Trinajstić information content (AvgIpc) is 3.60. The van der Waals surface area contributed by atoms with Gasteiger partial charge in [0.2, 0.25) is 0 Å². The van der Waals surface area contributed by atoms with E-state index in [4.69, 9.17) is 4.74 Å². The van der Waals surface area contributed by atoms with Crippen LogP contribution in [0.3, 0.4) is 0 Å². The molecule has 1 atom stereocenters. The summed E-state index contributed by atoms with van der Waals surface area (Å²) < 4.78 is 20.6. The third kappa shape index (κ3) is 5.56. The fourth-order valence-corrected chi connectivity index (χ4v) is 5.44. The molecule has 0 aliphatic heterocycles. The lowest BCUT2D eigenvalue weighted by atomic mass is 10.0. The molecular weight excluding hydrogens is 471 g/mol. The van der Waals surface area contributed by atoms with Crippen molar-refractivity contribution < 1.29 is 9.13 Å². The van der Waals surface area contributed by atoms with E-state index in [9.17, 15) is 9.18 Å².